The number of aryl methyl sites for hydroxylation is 2. The van der Waals surface area contributed by atoms with Crippen molar-refractivity contribution in [3.63, 3.8) is 0 Å². The van der Waals surface area contributed by atoms with E-state index in [0.717, 1.165) is 23.2 Å². The van der Waals surface area contributed by atoms with Crippen molar-refractivity contribution >= 4 is 16.6 Å². The Labute approximate surface area is 145 Å². The van der Waals surface area contributed by atoms with Crippen LogP contribution in [0, 0.1) is 26.7 Å². The Morgan fingerprint density at radius 1 is 1.12 bits per heavy atom. The third-order valence-electron chi connectivity index (χ3n) is 6.76. The third-order valence-corrected chi connectivity index (χ3v) is 6.76. The van der Waals surface area contributed by atoms with Crippen LogP contribution >= 0.6 is 0 Å². The minimum atomic E-state index is 0.0302. The number of hydrogen-bond donors (Lipinski definition) is 1. The van der Waals surface area contributed by atoms with Gasteiger partial charge in [-0.25, -0.2) is 0 Å². The van der Waals surface area contributed by atoms with Gasteiger partial charge in [0.05, 0.1) is 5.52 Å². The fourth-order valence-electron chi connectivity index (χ4n) is 4.56. The Kier molecular flexibility index (Phi) is 3.82. The average Bonchev–Trinajstić information content (AvgIpc) is 2.53. The summed E-state index contributed by atoms with van der Waals surface area (Å²) >= 11 is 0. The number of hydrogen-bond acceptors (Lipinski definition) is 2. The first-order chi connectivity index (χ1) is 11.1. The summed E-state index contributed by atoms with van der Waals surface area (Å²) in [5.41, 5.74) is 7.00. The lowest BCUT2D eigenvalue weighted by Gasteiger charge is -2.52. The average molecular weight is 326 g/mol. The van der Waals surface area contributed by atoms with Crippen LogP contribution in [0.25, 0.3) is 10.9 Å². The summed E-state index contributed by atoms with van der Waals surface area (Å²) in [6.45, 7) is 18.7. The Morgan fingerprint density at radius 2 is 1.75 bits per heavy atom. The molecule has 130 valence electrons. The first kappa shape index (κ1) is 17.1. The largest absolute Gasteiger partial charge is 0.366 e. The lowest BCUT2D eigenvalue weighted by Crippen LogP contribution is -2.53. The maximum absolute atomic E-state index is 12.3. The number of rotatable bonds is 1. The molecule has 0 saturated carbocycles. The monoisotopic (exact) mass is 326 g/mol. The number of nitrogens with one attached hydrogen (secondary N) is 1. The minimum Gasteiger partial charge on any atom is -0.366 e. The molecule has 3 heteroatoms. The van der Waals surface area contributed by atoms with Gasteiger partial charge in [0, 0.05) is 28.7 Å². The van der Waals surface area contributed by atoms with Crippen molar-refractivity contribution in [3.8, 4) is 0 Å². The molecule has 2 unspecified atom stereocenters. The van der Waals surface area contributed by atoms with E-state index in [0.29, 0.717) is 11.8 Å². The van der Waals surface area contributed by atoms with Crippen molar-refractivity contribution in [3.05, 3.63) is 38.7 Å². The highest BCUT2D eigenvalue weighted by Crippen LogP contribution is 2.49. The zero-order chi connectivity index (χ0) is 18.0. The van der Waals surface area contributed by atoms with Gasteiger partial charge in [0.2, 0.25) is 0 Å². The van der Waals surface area contributed by atoms with Crippen molar-refractivity contribution < 1.29 is 0 Å². The summed E-state index contributed by atoms with van der Waals surface area (Å²) in [6, 6.07) is 2.33. The van der Waals surface area contributed by atoms with Crippen LogP contribution in [0.4, 0.5) is 5.69 Å². The minimum absolute atomic E-state index is 0.0302. The highest BCUT2D eigenvalue weighted by molar-refractivity contribution is 5.92. The van der Waals surface area contributed by atoms with E-state index < -0.39 is 0 Å². The molecule has 0 spiro atoms. The molecule has 3 rings (SSSR count). The normalized spacial score (nSPS) is 22.8. The van der Waals surface area contributed by atoms with E-state index in [9.17, 15) is 4.79 Å². The van der Waals surface area contributed by atoms with Crippen LogP contribution in [0.2, 0.25) is 0 Å². The second kappa shape index (κ2) is 5.37. The van der Waals surface area contributed by atoms with Crippen LogP contribution < -0.4 is 10.5 Å². The van der Waals surface area contributed by atoms with Gasteiger partial charge in [0.15, 0.2) is 0 Å². The summed E-state index contributed by atoms with van der Waals surface area (Å²) < 4.78 is 0. The SMILES string of the molecule is CCN1c2c(cc3c(C)c(C)c(=O)[nH]c3c2C)C(C)C(C)C1(C)C. The Morgan fingerprint density at radius 3 is 2.33 bits per heavy atom. The molecule has 0 bridgehead atoms. The quantitative estimate of drug-likeness (QED) is 0.816. The molecular formula is C21H30N2O. The van der Waals surface area contributed by atoms with Crippen LogP contribution in [0.1, 0.15) is 62.8 Å². The molecule has 24 heavy (non-hydrogen) atoms. The van der Waals surface area contributed by atoms with Gasteiger partial charge in [0.25, 0.3) is 5.56 Å². The van der Waals surface area contributed by atoms with Crippen molar-refractivity contribution in [1.29, 1.82) is 0 Å². The molecule has 1 aliphatic rings. The molecule has 2 aromatic rings. The van der Waals surface area contributed by atoms with E-state index >= 15 is 0 Å². The molecule has 1 aliphatic heterocycles. The van der Waals surface area contributed by atoms with Crippen LogP contribution in [-0.2, 0) is 0 Å². The second-order valence-electron chi connectivity index (χ2n) is 8.04. The van der Waals surface area contributed by atoms with Crippen molar-refractivity contribution in [2.75, 3.05) is 11.4 Å². The van der Waals surface area contributed by atoms with Crippen LogP contribution in [0.5, 0.6) is 0 Å². The molecule has 1 aromatic carbocycles. The van der Waals surface area contributed by atoms with Gasteiger partial charge in [-0.2, -0.15) is 0 Å². The first-order valence-electron chi connectivity index (χ1n) is 9.07. The standard InChI is InChI=1S/C21H30N2O/c1-9-23-19-14(5)18-16(11(2)12(3)20(24)22-18)10-17(19)13(4)15(6)21(23,7)8/h10,13,15H,9H2,1-8H3,(H,22,24). The van der Waals surface area contributed by atoms with Crippen LogP contribution in [0.3, 0.4) is 0 Å². The van der Waals surface area contributed by atoms with E-state index in [1.807, 2.05) is 6.92 Å². The summed E-state index contributed by atoms with van der Waals surface area (Å²) in [6.07, 6.45) is 0. The number of benzene rings is 1. The first-order valence-corrected chi connectivity index (χ1v) is 9.07. The summed E-state index contributed by atoms with van der Waals surface area (Å²) in [5.74, 6) is 1.05. The molecule has 0 aliphatic carbocycles. The molecule has 1 aromatic heterocycles. The van der Waals surface area contributed by atoms with Crippen LogP contribution in [0.15, 0.2) is 10.9 Å². The number of pyridine rings is 1. The van der Waals surface area contributed by atoms with Crippen LogP contribution in [-0.4, -0.2) is 17.1 Å². The van der Waals surface area contributed by atoms with Gasteiger partial charge < -0.3 is 9.88 Å². The fraction of sp³-hybridized carbons (Fsp3) is 0.571. The molecule has 1 N–H and O–H groups in total. The maximum Gasteiger partial charge on any atom is 0.251 e. The van der Waals surface area contributed by atoms with E-state index in [2.05, 4.69) is 64.4 Å². The van der Waals surface area contributed by atoms with Gasteiger partial charge in [-0.15, -0.1) is 0 Å². The van der Waals surface area contributed by atoms with Crippen molar-refractivity contribution in [2.24, 2.45) is 5.92 Å². The highest BCUT2D eigenvalue weighted by Gasteiger charge is 2.42. The lowest BCUT2D eigenvalue weighted by atomic mass is 9.70. The van der Waals surface area contributed by atoms with E-state index in [-0.39, 0.29) is 11.1 Å². The zero-order valence-electron chi connectivity index (χ0n) is 16.3. The van der Waals surface area contributed by atoms with Crippen molar-refractivity contribution in [2.45, 2.75) is 66.8 Å². The predicted molar refractivity (Wildman–Crippen MR) is 103 cm³/mol. The lowest BCUT2D eigenvalue weighted by molar-refractivity contribution is 0.267. The Bertz CT molecular complexity index is 876. The summed E-state index contributed by atoms with van der Waals surface area (Å²) in [4.78, 5) is 18.0. The number of nitrogens with zero attached hydrogens (tertiary/aromatic N) is 1. The molecule has 0 fully saturated rings. The number of aromatic amines is 1. The molecule has 0 saturated heterocycles. The summed E-state index contributed by atoms with van der Waals surface area (Å²) in [7, 11) is 0. The summed E-state index contributed by atoms with van der Waals surface area (Å²) in [5, 5.41) is 1.19. The van der Waals surface area contributed by atoms with E-state index in [1.54, 1.807) is 0 Å². The molecule has 0 radical (unpaired) electrons. The van der Waals surface area contributed by atoms with Gasteiger partial charge in [-0.1, -0.05) is 13.8 Å². The second-order valence-corrected chi connectivity index (χ2v) is 8.04. The number of H-pyrrole nitrogens is 1. The Hall–Kier alpha value is -1.77. The maximum atomic E-state index is 12.3. The van der Waals surface area contributed by atoms with Gasteiger partial charge in [-0.3, -0.25) is 4.79 Å². The zero-order valence-corrected chi connectivity index (χ0v) is 16.3. The Balaban J connectivity index is 2.47. The highest BCUT2D eigenvalue weighted by atomic mass is 16.1. The number of aromatic nitrogens is 1. The van der Waals surface area contributed by atoms with Gasteiger partial charge >= 0.3 is 0 Å². The van der Waals surface area contributed by atoms with Crippen molar-refractivity contribution in [1.82, 2.24) is 4.98 Å². The third kappa shape index (κ3) is 2.06. The molecular weight excluding hydrogens is 296 g/mol. The molecule has 3 nitrogen and oxygen atoms in total. The molecule has 2 atom stereocenters. The fourth-order valence-corrected chi connectivity index (χ4v) is 4.56. The molecule has 2 heterocycles. The smallest absolute Gasteiger partial charge is 0.251 e. The van der Waals surface area contributed by atoms with Gasteiger partial charge in [0.1, 0.15) is 0 Å². The topological polar surface area (TPSA) is 36.1 Å². The van der Waals surface area contributed by atoms with Gasteiger partial charge in [-0.05, 0) is 76.1 Å². The predicted octanol–water partition coefficient (Wildman–Crippen LogP) is 4.81. The van der Waals surface area contributed by atoms with E-state index in [1.165, 1.54) is 22.2 Å². The van der Waals surface area contributed by atoms with E-state index in [4.69, 9.17) is 0 Å². The number of fused-ring (bicyclic) bond motifs is 2. The number of anilines is 1. The molecule has 0 amide bonds.